The number of rotatable bonds is 5. The highest BCUT2D eigenvalue weighted by molar-refractivity contribution is 6.25. The van der Waals surface area contributed by atoms with E-state index in [9.17, 15) is 9.90 Å². The number of aliphatic carboxylic acids is 1. The summed E-state index contributed by atoms with van der Waals surface area (Å²) in [6, 6.07) is 18.0. The summed E-state index contributed by atoms with van der Waals surface area (Å²) in [6.07, 6.45) is 3.55. The number of imidazole rings is 1. The summed E-state index contributed by atoms with van der Waals surface area (Å²) in [6.45, 7) is 0. The fourth-order valence-corrected chi connectivity index (χ4v) is 3.87. The van der Waals surface area contributed by atoms with Gasteiger partial charge in [0, 0.05) is 29.4 Å². The highest BCUT2D eigenvalue weighted by atomic mass is 16.4. The van der Waals surface area contributed by atoms with Crippen molar-refractivity contribution in [3.63, 3.8) is 0 Å². The number of benzene rings is 4. The third-order valence-corrected chi connectivity index (χ3v) is 5.14. The van der Waals surface area contributed by atoms with Gasteiger partial charge in [0.15, 0.2) is 0 Å². The summed E-state index contributed by atoms with van der Waals surface area (Å²) in [7, 11) is 0. The lowest BCUT2D eigenvalue weighted by Gasteiger charge is -2.19. The van der Waals surface area contributed by atoms with E-state index in [-0.39, 0.29) is 0 Å². The van der Waals surface area contributed by atoms with Crippen LogP contribution in [-0.4, -0.2) is 27.1 Å². The highest BCUT2D eigenvalue weighted by Gasteiger charge is 2.20. The minimum atomic E-state index is -0.893. The number of carbonyl (C=O) groups is 1. The lowest BCUT2D eigenvalue weighted by atomic mass is 9.93. The van der Waals surface area contributed by atoms with E-state index in [4.69, 9.17) is 0 Å². The molecular weight excluding hydrogens is 338 g/mol. The van der Waals surface area contributed by atoms with Crippen molar-refractivity contribution in [2.75, 3.05) is 5.32 Å². The zero-order valence-corrected chi connectivity index (χ0v) is 14.4. The number of nitrogens with zero attached hydrogens (tertiary/aromatic N) is 1. The molecule has 5 heteroatoms. The van der Waals surface area contributed by atoms with Crippen molar-refractivity contribution in [3.05, 3.63) is 72.8 Å². The quantitative estimate of drug-likeness (QED) is 0.408. The maximum absolute atomic E-state index is 11.8. The monoisotopic (exact) mass is 355 g/mol. The minimum Gasteiger partial charge on any atom is -0.480 e. The maximum atomic E-state index is 11.8. The summed E-state index contributed by atoms with van der Waals surface area (Å²) in [5.41, 5.74) is 1.61. The fraction of sp³-hybridized carbons (Fsp3) is 0.0909. The standard InChI is InChI=1S/C22H17N3O2/c26-22(27)19(10-16-11-23-12-24-16)25-18-9-7-15-5-4-13-2-1-3-14-6-8-17(18)21(15)20(13)14/h1-9,11-12,19,25H,10H2,(H,23,24)(H,26,27)/t19-/m0/s1. The molecule has 0 aliphatic heterocycles. The van der Waals surface area contributed by atoms with E-state index in [1.165, 1.54) is 21.5 Å². The van der Waals surface area contributed by atoms with Crippen LogP contribution in [0, 0.1) is 0 Å². The van der Waals surface area contributed by atoms with E-state index >= 15 is 0 Å². The Labute approximate surface area is 155 Å². The molecule has 5 rings (SSSR count). The van der Waals surface area contributed by atoms with Crippen LogP contribution in [0.1, 0.15) is 5.69 Å². The Morgan fingerprint density at radius 2 is 1.70 bits per heavy atom. The highest BCUT2D eigenvalue weighted by Crippen LogP contribution is 2.37. The van der Waals surface area contributed by atoms with E-state index in [1.54, 1.807) is 12.5 Å². The van der Waals surface area contributed by atoms with Gasteiger partial charge in [0.2, 0.25) is 0 Å². The third-order valence-electron chi connectivity index (χ3n) is 5.14. The minimum absolute atomic E-state index is 0.331. The molecule has 1 atom stereocenters. The third kappa shape index (κ3) is 2.56. The van der Waals surface area contributed by atoms with Gasteiger partial charge in [-0.05, 0) is 33.0 Å². The van der Waals surface area contributed by atoms with Gasteiger partial charge in [-0.15, -0.1) is 0 Å². The van der Waals surface area contributed by atoms with Crippen LogP contribution >= 0.6 is 0 Å². The van der Waals surface area contributed by atoms with Crippen molar-refractivity contribution in [2.45, 2.75) is 12.5 Å². The number of carboxylic acids is 1. The fourth-order valence-electron chi connectivity index (χ4n) is 3.87. The molecule has 132 valence electrons. The first-order valence-electron chi connectivity index (χ1n) is 8.84. The SMILES string of the molecule is O=C(O)[C@H](Cc1cnc[nH]1)Nc1ccc2ccc3cccc4ccc1c2c34. The molecule has 5 nitrogen and oxygen atoms in total. The Morgan fingerprint density at radius 1 is 1.00 bits per heavy atom. The Balaban J connectivity index is 1.65. The van der Waals surface area contributed by atoms with E-state index in [0.717, 1.165) is 22.2 Å². The number of nitrogens with one attached hydrogen (secondary N) is 2. The summed E-state index contributed by atoms with van der Waals surface area (Å²) in [5, 5.41) is 19.9. The number of hydrogen-bond donors (Lipinski definition) is 3. The molecule has 0 aliphatic carbocycles. The molecule has 0 fully saturated rings. The van der Waals surface area contributed by atoms with Gasteiger partial charge in [-0.3, -0.25) is 0 Å². The Kier molecular flexibility index (Phi) is 3.47. The van der Waals surface area contributed by atoms with Gasteiger partial charge in [0.25, 0.3) is 0 Å². The molecule has 0 bridgehead atoms. The smallest absolute Gasteiger partial charge is 0.326 e. The van der Waals surface area contributed by atoms with Crippen LogP contribution < -0.4 is 5.32 Å². The number of H-pyrrole nitrogens is 1. The summed E-state index contributed by atoms with van der Waals surface area (Å²) in [5.74, 6) is -0.893. The second kappa shape index (κ2) is 5.99. The van der Waals surface area contributed by atoms with E-state index in [2.05, 4.69) is 57.7 Å². The second-order valence-corrected chi connectivity index (χ2v) is 6.79. The van der Waals surface area contributed by atoms with Gasteiger partial charge in [-0.2, -0.15) is 0 Å². The van der Waals surface area contributed by atoms with Gasteiger partial charge < -0.3 is 15.4 Å². The summed E-state index contributed by atoms with van der Waals surface area (Å²) < 4.78 is 0. The van der Waals surface area contributed by atoms with Gasteiger partial charge in [-0.25, -0.2) is 9.78 Å². The molecule has 1 heterocycles. The normalized spacial score (nSPS) is 12.7. The Morgan fingerprint density at radius 3 is 2.41 bits per heavy atom. The van der Waals surface area contributed by atoms with Crippen molar-refractivity contribution in [2.24, 2.45) is 0 Å². The molecule has 27 heavy (non-hydrogen) atoms. The maximum Gasteiger partial charge on any atom is 0.326 e. The number of carboxylic acid groups (broad SMARTS) is 1. The zero-order valence-electron chi connectivity index (χ0n) is 14.4. The van der Waals surface area contributed by atoms with Crippen LogP contribution in [0.4, 0.5) is 5.69 Å². The van der Waals surface area contributed by atoms with Crippen molar-refractivity contribution in [1.29, 1.82) is 0 Å². The Hall–Kier alpha value is -3.60. The van der Waals surface area contributed by atoms with Crippen LogP contribution in [0.5, 0.6) is 0 Å². The van der Waals surface area contributed by atoms with Crippen molar-refractivity contribution in [3.8, 4) is 0 Å². The van der Waals surface area contributed by atoms with Crippen LogP contribution in [0.25, 0.3) is 32.3 Å². The molecule has 3 N–H and O–H groups in total. The molecular formula is C22H17N3O2. The number of hydrogen-bond acceptors (Lipinski definition) is 3. The van der Waals surface area contributed by atoms with Gasteiger partial charge >= 0.3 is 5.97 Å². The molecule has 4 aromatic carbocycles. The second-order valence-electron chi connectivity index (χ2n) is 6.79. The van der Waals surface area contributed by atoms with Gasteiger partial charge in [-0.1, -0.05) is 48.5 Å². The molecule has 1 aromatic heterocycles. The number of anilines is 1. The number of aromatic amines is 1. The average Bonchev–Trinajstić information content (AvgIpc) is 3.19. The largest absolute Gasteiger partial charge is 0.480 e. The first-order valence-corrected chi connectivity index (χ1v) is 8.84. The van der Waals surface area contributed by atoms with Crippen molar-refractivity contribution in [1.82, 2.24) is 9.97 Å². The number of aromatic nitrogens is 2. The first kappa shape index (κ1) is 15.6. The van der Waals surface area contributed by atoms with Gasteiger partial charge in [0.05, 0.1) is 6.33 Å². The predicted octanol–water partition coefficient (Wildman–Crippen LogP) is 4.41. The molecule has 0 saturated heterocycles. The van der Waals surface area contributed by atoms with Gasteiger partial charge in [0.1, 0.15) is 6.04 Å². The van der Waals surface area contributed by atoms with E-state index < -0.39 is 12.0 Å². The Bertz CT molecular complexity index is 1250. The summed E-state index contributed by atoms with van der Waals surface area (Å²) in [4.78, 5) is 18.7. The topological polar surface area (TPSA) is 78.0 Å². The van der Waals surface area contributed by atoms with Crippen molar-refractivity contribution < 1.29 is 9.90 Å². The lowest BCUT2D eigenvalue weighted by molar-refractivity contribution is -0.137. The van der Waals surface area contributed by atoms with E-state index in [0.29, 0.717) is 6.42 Å². The lowest BCUT2D eigenvalue weighted by Crippen LogP contribution is -2.31. The van der Waals surface area contributed by atoms with E-state index in [1.807, 2.05) is 12.1 Å². The van der Waals surface area contributed by atoms with Crippen LogP contribution in [0.15, 0.2) is 67.1 Å². The summed E-state index contributed by atoms with van der Waals surface area (Å²) >= 11 is 0. The first-order chi connectivity index (χ1) is 13.2. The van der Waals surface area contributed by atoms with Crippen molar-refractivity contribution >= 4 is 44.0 Å². The van der Waals surface area contributed by atoms with Crippen LogP contribution in [0.2, 0.25) is 0 Å². The van der Waals surface area contributed by atoms with Crippen LogP contribution in [-0.2, 0) is 11.2 Å². The zero-order chi connectivity index (χ0) is 18.4. The molecule has 0 radical (unpaired) electrons. The molecule has 0 aliphatic rings. The molecule has 0 saturated carbocycles. The predicted molar refractivity (Wildman–Crippen MR) is 107 cm³/mol. The molecule has 0 unspecified atom stereocenters. The molecule has 0 amide bonds. The average molecular weight is 355 g/mol. The molecule has 5 aromatic rings. The van der Waals surface area contributed by atoms with Crippen LogP contribution in [0.3, 0.4) is 0 Å². The molecule has 0 spiro atoms.